The summed E-state index contributed by atoms with van der Waals surface area (Å²) in [4.78, 5) is 13.1. The van der Waals surface area contributed by atoms with E-state index in [-0.39, 0.29) is 10.8 Å². The summed E-state index contributed by atoms with van der Waals surface area (Å²) in [5.41, 5.74) is 15.0. The topological polar surface area (TPSA) is 192 Å². The third-order valence-corrected chi connectivity index (χ3v) is 20.4. The van der Waals surface area contributed by atoms with Gasteiger partial charge in [0, 0.05) is 142 Å². The lowest BCUT2D eigenvalue weighted by atomic mass is 9.61. The van der Waals surface area contributed by atoms with Crippen molar-refractivity contribution >= 4 is 26.0 Å². The number of methoxy groups -OCH3 is 8. The summed E-state index contributed by atoms with van der Waals surface area (Å²) in [7, 11) is 18.6. The lowest BCUT2D eigenvalue weighted by Gasteiger charge is -2.42. The van der Waals surface area contributed by atoms with Crippen molar-refractivity contribution in [2.45, 2.75) is 38.3 Å². The number of hydrogen-bond acceptors (Lipinski definition) is 14. The standard InChI is InChI=1S/C20H15NO.C20H14.C19H15NO2S.C19H14O3S.8C2H6O/c22-19-17-13-7-8-14-18(17)20(21-19,15-9-3-1-4-10-15)16-11-5-2-6-12-16;1-2-8-14-13(7-1)19-15-9-3-5-11-17(15)20(14)18-12-6-4-10-16(18)19;21-23(22)18-14-8-7-13-17(18)19(20-23,15-9-3-1-4-10-15)16-11-5-2-6-12-16;20-23(21)18-14-8-7-13-17(18)19(22-23,15-9-3-1-4-10-15)16-11-5-2-6-12-16;8*1-3-2/h1-14H,(H,21,22);1-12,19-20H;1-14,20H;1-14H;8*1-2H3. The fourth-order valence-electron chi connectivity index (χ4n) is 13.9. The maximum atomic E-state index is 12.7. The van der Waals surface area contributed by atoms with Gasteiger partial charge in [-0.1, -0.05) is 309 Å². The molecule has 0 radical (unpaired) electrons. The van der Waals surface area contributed by atoms with Crippen LogP contribution >= 0.6 is 0 Å². The van der Waals surface area contributed by atoms with E-state index in [1.807, 2.05) is 206 Å². The molecule has 18 rings (SSSR count). The van der Waals surface area contributed by atoms with Crippen molar-refractivity contribution in [2.24, 2.45) is 0 Å². The summed E-state index contributed by atoms with van der Waals surface area (Å²) >= 11 is 0. The van der Waals surface area contributed by atoms with Crippen LogP contribution in [0.4, 0.5) is 0 Å². The molecule has 12 aromatic rings. The van der Waals surface area contributed by atoms with Crippen molar-refractivity contribution in [3.8, 4) is 0 Å². The highest BCUT2D eigenvalue weighted by Gasteiger charge is 2.52. The van der Waals surface area contributed by atoms with Gasteiger partial charge in [-0.05, 0) is 90.5 Å². The van der Waals surface area contributed by atoms with Crippen LogP contribution in [0, 0.1) is 0 Å². The van der Waals surface area contributed by atoms with E-state index in [0.717, 1.165) is 50.1 Å². The molecule has 112 heavy (non-hydrogen) atoms. The van der Waals surface area contributed by atoms with Gasteiger partial charge in [-0.2, -0.15) is 13.1 Å². The minimum Gasteiger partial charge on any atom is -0.388 e. The first-order valence-electron chi connectivity index (χ1n) is 35.8. The molecule has 0 saturated heterocycles. The van der Waals surface area contributed by atoms with Gasteiger partial charge in [-0.25, -0.2) is 12.6 Å². The normalized spacial score (nSPS) is 15.2. The molecule has 12 aromatic carbocycles. The van der Waals surface area contributed by atoms with E-state index in [0.29, 0.717) is 22.3 Å². The molecule has 2 N–H and O–H groups in total. The number of fused-ring (bicyclic) bond motifs is 3. The monoisotopic (exact) mass is 1550 g/mol. The van der Waals surface area contributed by atoms with E-state index < -0.39 is 36.8 Å². The van der Waals surface area contributed by atoms with E-state index in [2.05, 4.69) is 145 Å². The van der Waals surface area contributed by atoms with Gasteiger partial charge in [0.2, 0.25) is 10.0 Å². The Labute approximate surface area is 664 Å². The second kappa shape index (κ2) is 45.8. The van der Waals surface area contributed by atoms with Crippen LogP contribution in [-0.4, -0.2) is 136 Å². The predicted octanol–water partition coefficient (Wildman–Crippen LogP) is 17.5. The third kappa shape index (κ3) is 21.0. The second-order valence-electron chi connectivity index (χ2n) is 25.5. The number of ether oxygens (including phenoxy) is 8. The van der Waals surface area contributed by atoms with Crippen LogP contribution in [0.5, 0.6) is 0 Å². The van der Waals surface area contributed by atoms with E-state index in [4.69, 9.17) is 4.18 Å². The van der Waals surface area contributed by atoms with Crippen LogP contribution in [0.2, 0.25) is 0 Å². The third-order valence-electron chi connectivity index (χ3n) is 17.6. The number of sulfonamides is 1. The zero-order valence-electron chi connectivity index (χ0n) is 66.9. The van der Waals surface area contributed by atoms with Crippen LogP contribution in [-0.2, 0) is 78.9 Å². The van der Waals surface area contributed by atoms with E-state index in [9.17, 15) is 21.6 Å². The molecule has 0 saturated carbocycles. The quantitative estimate of drug-likeness (QED) is 0.149. The summed E-state index contributed by atoms with van der Waals surface area (Å²) in [5.74, 6) is 0.815. The van der Waals surface area contributed by atoms with Crippen molar-refractivity contribution in [3.05, 3.63) is 417 Å². The van der Waals surface area contributed by atoms with Gasteiger partial charge in [0.15, 0.2) is 5.60 Å². The number of hydrogen-bond donors (Lipinski definition) is 2. The van der Waals surface area contributed by atoms with Gasteiger partial charge in [0.25, 0.3) is 16.0 Å². The summed E-state index contributed by atoms with van der Waals surface area (Å²) in [5, 5.41) is 3.23. The van der Waals surface area contributed by atoms with E-state index in [1.54, 1.807) is 138 Å². The Balaban J connectivity index is 0.000000212. The van der Waals surface area contributed by atoms with Crippen LogP contribution in [0.1, 0.15) is 106 Å². The fourth-order valence-corrected chi connectivity index (χ4v) is 16.9. The molecule has 0 unspecified atom stereocenters. The highest BCUT2D eigenvalue weighted by atomic mass is 32.2. The summed E-state index contributed by atoms with van der Waals surface area (Å²) < 4.78 is 93.3. The minimum atomic E-state index is -3.81. The molecule has 6 aliphatic rings. The van der Waals surface area contributed by atoms with Gasteiger partial charge in [0.1, 0.15) is 16.0 Å². The van der Waals surface area contributed by atoms with Crippen LogP contribution < -0.4 is 10.0 Å². The number of amides is 1. The molecule has 16 nitrogen and oxygen atoms in total. The molecule has 1 amide bonds. The smallest absolute Gasteiger partial charge is 0.298 e. The minimum absolute atomic E-state index is 0.0247. The highest BCUT2D eigenvalue weighted by Crippen LogP contribution is 2.56. The van der Waals surface area contributed by atoms with E-state index in [1.165, 1.54) is 33.4 Å². The molecule has 3 aliphatic carbocycles. The molecule has 588 valence electrons. The predicted molar refractivity (Wildman–Crippen MR) is 448 cm³/mol. The molecular weight excluding hydrogens is 1450 g/mol. The van der Waals surface area contributed by atoms with Crippen molar-refractivity contribution < 1.29 is 63.7 Å². The van der Waals surface area contributed by atoms with Crippen molar-refractivity contribution in [1.82, 2.24) is 10.0 Å². The molecule has 2 bridgehead atoms. The molecular formula is C94H106N2O14S2. The Hall–Kier alpha value is -10.4. The summed E-state index contributed by atoms with van der Waals surface area (Å²) in [6.45, 7) is 0. The lowest BCUT2D eigenvalue weighted by molar-refractivity contribution is 0.0948. The highest BCUT2D eigenvalue weighted by molar-refractivity contribution is 7.90. The molecule has 0 fully saturated rings. The number of nitrogens with one attached hydrogen (secondary N) is 2. The van der Waals surface area contributed by atoms with Gasteiger partial charge in [-0.3, -0.25) is 4.79 Å². The molecule has 0 aromatic heterocycles. The maximum absolute atomic E-state index is 12.7. The fraction of sp³-hybridized carbons (Fsp3) is 0.223. The Morgan fingerprint density at radius 1 is 0.268 bits per heavy atom. The number of carbonyl (C=O) groups is 1. The maximum Gasteiger partial charge on any atom is 0.298 e. The van der Waals surface area contributed by atoms with Crippen LogP contribution in [0.3, 0.4) is 0 Å². The zero-order valence-corrected chi connectivity index (χ0v) is 68.5. The Morgan fingerprint density at radius 2 is 0.500 bits per heavy atom. The lowest BCUT2D eigenvalue weighted by Crippen LogP contribution is -2.41. The first-order valence-corrected chi connectivity index (χ1v) is 38.7. The largest absolute Gasteiger partial charge is 0.388 e. The Bertz CT molecular complexity index is 4480. The van der Waals surface area contributed by atoms with Crippen molar-refractivity contribution in [1.29, 1.82) is 0 Å². The van der Waals surface area contributed by atoms with Gasteiger partial charge in [0.05, 0.1) is 4.90 Å². The first kappa shape index (κ1) is 90.5. The van der Waals surface area contributed by atoms with Gasteiger partial charge in [-0.15, -0.1) is 0 Å². The Kier molecular flexibility index (Phi) is 37.0. The van der Waals surface area contributed by atoms with Crippen molar-refractivity contribution in [2.75, 3.05) is 114 Å². The number of rotatable bonds is 6. The Morgan fingerprint density at radius 3 is 0.812 bits per heavy atom. The van der Waals surface area contributed by atoms with Crippen LogP contribution in [0.15, 0.2) is 337 Å². The zero-order chi connectivity index (χ0) is 81.6. The second-order valence-corrected chi connectivity index (χ2v) is 28.7. The van der Waals surface area contributed by atoms with Crippen molar-refractivity contribution in [3.63, 3.8) is 0 Å². The number of carbonyl (C=O) groups excluding carboxylic acids is 1. The summed E-state index contributed by atoms with van der Waals surface area (Å²) in [6.07, 6.45) is 0. The summed E-state index contributed by atoms with van der Waals surface area (Å²) in [6, 6.07) is 107. The van der Waals surface area contributed by atoms with Crippen LogP contribution in [0.25, 0.3) is 0 Å². The van der Waals surface area contributed by atoms with Gasteiger partial charge < -0.3 is 43.2 Å². The molecule has 3 heterocycles. The number of benzene rings is 12. The average molecular weight is 1550 g/mol. The molecule has 0 atom stereocenters. The first-order chi connectivity index (χ1) is 54.4. The SMILES string of the molecule is COC.COC.COC.COC.COC.COC.COC.COC.O=C1NC(c2ccccc2)(c2ccccc2)c2ccccc21.O=S1(=O)NC(c2ccccc2)(c2ccccc2)c2ccccc21.O=S1(=O)OC(c2ccccc2)(c2ccccc2)c2ccccc21.c1ccc2c(c1)C1c3ccccc3C2c2ccccc21. The molecule has 0 spiro atoms. The average Bonchev–Trinajstić information content (AvgIpc) is 1.57. The molecule has 18 heteroatoms. The van der Waals surface area contributed by atoms with E-state index >= 15 is 0 Å². The molecule has 3 aliphatic heterocycles. The van der Waals surface area contributed by atoms with Gasteiger partial charge >= 0.3 is 0 Å².